The van der Waals surface area contributed by atoms with Crippen LogP contribution in [-0.2, 0) is 10.0 Å². The number of sulfonamides is 1. The van der Waals surface area contributed by atoms with Crippen molar-refractivity contribution in [3.8, 4) is 27.6 Å². The van der Waals surface area contributed by atoms with Crippen LogP contribution in [0.15, 0.2) is 90.3 Å². The average Bonchev–Trinajstić information content (AvgIpc) is 3.26. The van der Waals surface area contributed by atoms with Gasteiger partial charge >= 0.3 is 0 Å². The number of rotatable bonds is 8. The molecule has 0 aliphatic carbocycles. The third kappa shape index (κ3) is 5.25. The number of para-hydroxylation sites is 1. The van der Waals surface area contributed by atoms with Gasteiger partial charge in [0.2, 0.25) is 10.0 Å². The Hall–Kier alpha value is -3.16. The van der Waals surface area contributed by atoms with E-state index in [1.807, 2.05) is 66.0 Å². The minimum Gasteiger partial charge on any atom is -0.492 e. The fourth-order valence-corrected chi connectivity index (χ4v) is 4.58. The molecule has 0 unspecified atom stereocenters. The smallest absolute Gasteiger partial charge is 0.236 e. The van der Waals surface area contributed by atoms with Crippen molar-refractivity contribution in [1.82, 2.24) is 4.98 Å². The Bertz CT molecular complexity index is 1190. The van der Waals surface area contributed by atoms with Crippen molar-refractivity contribution in [2.45, 2.75) is 0 Å². The third-order valence-corrected chi connectivity index (χ3v) is 6.49. The largest absolute Gasteiger partial charge is 0.492 e. The predicted octanol–water partition coefficient (Wildman–Crippen LogP) is 5.30. The summed E-state index contributed by atoms with van der Waals surface area (Å²) >= 11 is 1.58. The molecular weight excluding hydrogens is 416 g/mol. The summed E-state index contributed by atoms with van der Waals surface area (Å²) in [4.78, 5) is 4.69. The van der Waals surface area contributed by atoms with Crippen molar-refractivity contribution in [2.75, 3.05) is 17.1 Å². The molecule has 3 aromatic carbocycles. The monoisotopic (exact) mass is 436 g/mol. The zero-order chi connectivity index (χ0) is 20.8. The molecule has 0 saturated carbocycles. The van der Waals surface area contributed by atoms with E-state index in [2.05, 4.69) is 9.71 Å². The molecule has 0 aliphatic rings. The highest BCUT2D eigenvalue weighted by Crippen LogP contribution is 2.29. The number of nitrogens with one attached hydrogen (secondary N) is 1. The summed E-state index contributed by atoms with van der Waals surface area (Å²) in [5.74, 6) is 0.520. The molecule has 0 bridgehead atoms. The highest BCUT2D eigenvalue weighted by atomic mass is 32.2. The molecule has 0 radical (unpaired) electrons. The minimum atomic E-state index is -3.50. The van der Waals surface area contributed by atoms with Crippen molar-refractivity contribution in [2.24, 2.45) is 0 Å². The van der Waals surface area contributed by atoms with Gasteiger partial charge in [-0.15, -0.1) is 11.3 Å². The Kier molecular flexibility index (Phi) is 6.11. The van der Waals surface area contributed by atoms with E-state index >= 15 is 0 Å². The van der Waals surface area contributed by atoms with Crippen LogP contribution in [0.3, 0.4) is 0 Å². The highest BCUT2D eigenvalue weighted by Gasteiger charge is 2.12. The summed E-state index contributed by atoms with van der Waals surface area (Å²) in [6.07, 6.45) is 0. The van der Waals surface area contributed by atoms with Gasteiger partial charge in [-0.2, -0.15) is 0 Å². The van der Waals surface area contributed by atoms with Crippen LogP contribution in [-0.4, -0.2) is 25.8 Å². The number of anilines is 1. The Morgan fingerprint density at radius 2 is 1.50 bits per heavy atom. The standard InChI is InChI=1S/C23H20N2O3S2/c26-30(27,16-15-28-21-9-5-2-6-10-21)25-20-13-11-18(12-14-20)22-17-29-23(24-22)19-7-3-1-4-8-19/h1-14,17,25H,15-16H2. The van der Waals surface area contributed by atoms with Crippen LogP contribution < -0.4 is 9.46 Å². The summed E-state index contributed by atoms with van der Waals surface area (Å²) in [5, 5.41) is 2.96. The molecule has 30 heavy (non-hydrogen) atoms. The molecule has 0 aliphatic heterocycles. The third-order valence-electron chi connectivity index (χ3n) is 4.34. The van der Waals surface area contributed by atoms with Crippen molar-refractivity contribution in [3.05, 3.63) is 90.3 Å². The lowest BCUT2D eigenvalue weighted by atomic mass is 10.1. The Morgan fingerprint density at radius 1 is 0.833 bits per heavy atom. The molecule has 1 heterocycles. The fraction of sp³-hybridized carbons (Fsp3) is 0.0870. The van der Waals surface area contributed by atoms with Gasteiger partial charge in [0, 0.05) is 22.2 Å². The minimum absolute atomic E-state index is 0.0819. The summed E-state index contributed by atoms with van der Waals surface area (Å²) in [6, 6.07) is 26.4. The van der Waals surface area contributed by atoms with E-state index in [0.717, 1.165) is 21.8 Å². The topological polar surface area (TPSA) is 68.3 Å². The molecule has 4 aromatic rings. The second-order valence-corrected chi connectivity index (χ2v) is 9.26. The molecule has 0 amide bonds. The molecule has 152 valence electrons. The van der Waals surface area contributed by atoms with Gasteiger partial charge in [0.05, 0.1) is 5.69 Å². The van der Waals surface area contributed by atoms with Crippen molar-refractivity contribution in [3.63, 3.8) is 0 Å². The van der Waals surface area contributed by atoms with Crippen LogP contribution in [0.25, 0.3) is 21.8 Å². The van der Waals surface area contributed by atoms with E-state index in [1.165, 1.54) is 0 Å². The molecule has 0 spiro atoms. The van der Waals surface area contributed by atoms with E-state index in [1.54, 1.807) is 35.6 Å². The average molecular weight is 437 g/mol. The molecule has 5 nitrogen and oxygen atoms in total. The number of ether oxygens (including phenoxy) is 1. The molecule has 0 saturated heterocycles. The number of benzene rings is 3. The normalized spacial score (nSPS) is 11.2. The zero-order valence-corrected chi connectivity index (χ0v) is 17.7. The van der Waals surface area contributed by atoms with E-state index in [0.29, 0.717) is 11.4 Å². The Morgan fingerprint density at radius 3 is 2.20 bits per heavy atom. The second kappa shape index (κ2) is 9.11. The Labute approximate surface area is 180 Å². The lowest BCUT2D eigenvalue weighted by Crippen LogP contribution is -2.21. The van der Waals surface area contributed by atoms with Crippen LogP contribution in [0, 0.1) is 0 Å². The van der Waals surface area contributed by atoms with Crippen LogP contribution >= 0.6 is 11.3 Å². The van der Waals surface area contributed by atoms with E-state index < -0.39 is 10.0 Å². The molecule has 1 aromatic heterocycles. The van der Waals surface area contributed by atoms with Gasteiger partial charge in [-0.3, -0.25) is 4.72 Å². The van der Waals surface area contributed by atoms with E-state index in [-0.39, 0.29) is 12.4 Å². The summed E-state index contributed by atoms with van der Waals surface area (Å²) in [6.45, 7) is 0.0819. The molecular formula is C23H20N2O3S2. The van der Waals surface area contributed by atoms with E-state index in [4.69, 9.17) is 4.74 Å². The molecule has 0 atom stereocenters. The molecule has 7 heteroatoms. The lowest BCUT2D eigenvalue weighted by molar-refractivity contribution is 0.341. The molecule has 1 N–H and O–H groups in total. The predicted molar refractivity (Wildman–Crippen MR) is 122 cm³/mol. The first kappa shape index (κ1) is 20.1. The maximum Gasteiger partial charge on any atom is 0.236 e. The van der Waals surface area contributed by atoms with Crippen molar-refractivity contribution >= 4 is 27.0 Å². The summed E-state index contributed by atoms with van der Waals surface area (Å²) in [7, 11) is -3.50. The van der Waals surface area contributed by atoms with Crippen LogP contribution in [0.1, 0.15) is 0 Å². The maximum atomic E-state index is 12.3. The van der Waals surface area contributed by atoms with Gasteiger partial charge in [-0.25, -0.2) is 13.4 Å². The van der Waals surface area contributed by atoms with Gasteiger partial charge < -0.3 is 4.74 Å². The van der Waals surface area contributed by atoms with Gasteiger partial charge in [0.25, 0.3) is 0 Å². The number of hydrogen-bond acceptors (Lipinski definition) is 5. The van der Waals surface area contributed by atoms with Gasteiger partial charge in [0.15, 0.2) is 0 Å². The van der Waals surface area contributed by atoms with Gasteiger partial charge in [0.1, 0.15) is 23.1 Å². The van der Waals surface area contributed by atoms with Crippen molar-refractivity contribution < 1.29 is 13.2 Å². The summed E-state index contributed by atoms with van der Waals surface area (Å²) in [5.41, 5.74) is 3.39. The summed E-state index contributed by atoms with van der Waals surface area (Å²) < 4.78 is 32.7. The first-order valence-electron chi connectivity index (χ1n) is 9.39. The number of thiazole rings is 1. The second-order valence-electron chi connectivity index (χ2n) is 6.56. The van der Waals surface area contributed by atoms with Crippen LogP contribution in [0.2, 0.25) is 0 Å². The SMILES string of the molecule is O=S(=O)(CCOc1ccccc1)Nc1ccc(-c2csc(-c3ccccc3)n2)cc1. The van der Waals surface area contributed by atoms with Crippen LogP contribution in [0.4, 0.5) is 5.69 Å². The van der Waals surface area contributed by atoms with Crippen LogP contribution in [0.5, 0.6) is 5.75 Å². The first-order valence-corrected chi connectivity index (χ1v) is 11.9. The fourth-order valence-electron chi connectivity index (χ4n) is 2.85. The number of aromatic nitrogens is 1. The highest BCUT2D eigenvalue weighted by molar-refractivity contribution is 7.92. The van der Waals surface area contributed by atoms with E-state index in [9.17, 15) is 8.42 Å². The zero-order valence-electron chi connectivity index (χ0n) is 16.1. The number of hydrogen-bond donors (Lipinski definition) is 1. The lowest BCUT2D eigenvalue weighted by Gasteiger charge is -2.09. The van der Waals surface area contributed by atoms with Gasteiger partial charge in [-0.1, -0.05) is 60.7 Å². The number of nitrogens with zero attached hydrogens (tertiary/aromatic N) is 1. The molecule has 0 fully saturated rings. The van der Waals surface area contributed by atoms with Gasteiger partial charge in [-0.05, 0) is 24.3 Å². The van der Waals surface area contributed by atoms with Crippen molar-refractivity contribution in [1.29, 1.82) is 0 Å². The maximum absolute atomic E-state index is 12.3. The Balaban J connectivity index is 1.37. The first-order chi connectivity index (χ1) is 14.6. The quantitative estimate of drug-likeness (QED) is 0.407. The molecule has 4 rings (SSSR count).